The van der Waals surface area contributed by atoms with Gasteiger partial charge in [0.15, 0.2) is 11.5 Å². The maximum Gasteiger partial charge on any atom is 0.262 e. The van der Waals surface area contributed by atoms with Crippen LogP contribution in [0.5, 0.6) is 17.2 Å². The minimum Gasteiger partial charge on any atom is -0.497 e. The molecule has 25 heavy (non-hydrogen) atoms. The summed E-state index contributed by atoms with van der Waals surface area (Å²) >= 11 is 0. The maximum absolute atomic E-state index is 12.2. The molecule has 6 heteroatoms. The Hall–Kier alpha value is -3.46. The molecule has 126 valence electrons. The zero-order valence-corrected chi connectivity index (χ0v) is 13.6. The van der Waals surface area contributed by atoms with Crippen LogP contribution in [0.4, 0.5) is 0 Å². The lowest BCUT2D eigenvalue weighted by Crippen LogP contribution is -2.23. The molecule has 1 N–H and O–H groups in total. The number of ether oxygens (including phenoxy) is 3. The van der Waals surface area contributed by atoms with Gasteiger partial charge in [-0.25, -0.2) is 0 Å². The largest absolute Gasteiger partial charge is 0.497 e. The van der Waals surface area contributed by atoms with Gasteiger partial charge in [0.2, 0.25) is 6.79 Å². The first-order valence-electron chi connectivity index (χ1n) is 7.62. The number of nitrogens with one attached hydrogen (secondary N) is 1. The van der Waals surface area contributed by atoms with Crippen molar-refractivity contribution in [3.05, 3.63) is 59.2 Å². The molecule has 1 aliphatic heterocycles. The van der Waals surface area contributed by atoms with Crippen LogP contribution < -0.4 is 19.5 Å². The Kier molecular flexibility index (Phi) is 4.86. The number of hydrogen-bond donors (Lipinski definition) is 1. The predicted octanol–water partition coefficient (Wildman–Crippen LogP) is 2.65. The molecule has 0 bridgehead atoms. The van der Waals surface area contributed by atoms with Crippen LogP contribution in [0.3, 0.4) is 0 Å². The van der Waals surface area contributed by atoms with Gasteiger partial charge in [0.25, 0.3) is 5.91 Å². The molecule has 1 aliphatic rings. The van der Waals surface area contributed by atoms with E-state index in [2.05, 4.69) is 5.32 Å². The first kappa shape index (κ1) is 16.4. The summed E-state index contributed by atoms with van der Waals surface area (Å²) in [7, 11) is 1.59. The summed E-state index contributed by atoms with van der Waals surface area (Å²) in [4.78, 5) is 12.2. The van der Waals surface area contributed by atoms with E-state index < -0.39 is 5.91 Å². The monoisotopic (exact) mass is 336 g/mol. The molecule has 0 atom stereocenters. The number of benzene rings is 2. The van der Waals surface area contributed by atoms with Gasteiger partial charge in [-0.1, -0.05) is 18.2 Å². The van der Waals surface area contributed by atoms with Gasteiger partial charge in [-0.3, -0.25) is 4.79 Å². The second-order valence-corrected chi connectivity index (χ2v) is 5.31. The van der Waals surface area contributed by atoms with Crippen LogP contribution in [0, 0.1) is 11.3 Å². The molecule has 0 aliphatic carbocycles. The highest BCUT2D eigenvalue weighted by Gasteiger charge is 2.14. The minimum atomic E-state index is -0.434. The van der Waals surface area contributed by atoms with Crippen molar-refractivity contribution < 1.29 is 19.0 Å². The van der Waals surface area contributed by atoms with Gasteiger partial charge in [0, 0.05) is 6.54 Å². The summed E-state index contributed by atoms with van der Waals surface area (Å²) in [5.41, 5.74) is 1.63. The van der Waals surface area contributed by atoms with Crippen LogP contribution in [0.15, 0.2) is 48.0 Å². The van der Waals surface area contributed by atoms with Crippen LogP contribution in [0.25, 0.3) is 6.08 Å². The summed E-state index contributed by atoms with van der Waals surface area (Å²) in [6.45, 7) is 0.499. The van der Waals surface area contributed by atoms with Gasteiger partial charge in [0.05, 0.1) is 7.11 Å². The topological polar surface area (TPSA) is 80.6 Å². The Balaban J connectivity index is 1.67. The van der Waals surface area contributed by atoms with E-state index in [1.165, 1.54) is 6.08 Å². The van der Waals surface area contributed by atoms with Crippen LogP contribution in [-0.4, -0.2) is 19.8 Å². The SMILES string of the molecule is COc1ccc(CNC(=O)/C(C#N)=C\c2ccc3c(c2)OCO3)cc1. The van der Waals surface area contributed by atoms with Gasteiger partial charge in [0.1, 0.15) is 17.4 Å². The number of carbonyl (C=O) groups excluding carboxylic acids is 1. The Morgan fingerprint density at radius 2 is 2.00 bits per heavy atom. The van der Waals surface area contributed by atoms with Gasteiger partial charge < -0.3 is 19.5 Å². The third kappa shape index (κ3) is 3.90. The Morgan fingerprint density at radius 3 is 2.72 bits per heavy atom. The van der Waals surface area contributed by atoms with E-state index in [0.717, 1.165) is 11.3 Å². The fraction of sp³-hybridized carbons (Fsp3) is 0.158. The number of rotatable bonds is 5. The van der Waals surface area contributed by atoms with Crippen LogP contribution >= 0.6 is 0 Å². The third-order valence-corrected chi connectivity index (χ3v) is 3.68. The molecule has 0 saturated heterocycles. The molecular formula is C19H16N2O4. The zero-order valence-electron chi connectivity index (χ0n) is 13.6. The van der Waals surface area contributed by atoms with Crippen molar-refractivity contribution in [3.63, 3.8) is 0 Å². The highest BCUT2D eigenvalue weighted by molar-refractivity contribution is 6.01. The molecule has 0 aromatic heterocycles. The quantitative estimate of drug-likeness (QED) is 0.671. The molecule has 0 saturated carbocycles. The molecule has 6 nitrogen and oxygen atoms in total. The van der Waals surface area contributed by atoms with Gasteiger partial charge in [-0.2, -0.15) is 5.26 Å². The minimum absolute atomic E-state index is 0.0207. The summed E-state index contributed by atoms with van der Waals surface area (Å²) in [6.07, 6.45) is 1.52. The predicted molar refractivity (Wildman–Crippen MR) is 91.0 cm³/mol. The molecule has 0 unspecified atom stereocenters. The normalized spacial score (nSPS) is 12.4. The van der Waals surface area contributed by atoms with Gasteiger partial charge >= 0.3 is 0 Å². The van der Waals surface area contributed by atoms with Gasteiger partial charge in [-0.05, 0) is 41.5 Å². The van der Waals surface area contributed by atoms with Crippen molar-refractivity contribution in [2.75, 3.05) is 13.9 Å². The number of nitriles is 1. The lowest BCUT2D eigenvalue weighted by Gasteiger charge is -2.06. The third-order valence-electron chi connectivity index (χ3n) is 3.68. The van der Waals surface area contributed by atoms with Crippen molar-refractivity contribution in [1.82, 2.24) is 5.32 Å². The second-order valence-electron chi connectivity index (χ2n) is 5.31. The Morgan fingerprint density at radius 1 is 1.24 bits per heavy atom. The van der Waals surface area contributed by atoms with E-state index in [4.69, 9.17) is 14.2 Å². The molecule has 0 radical (unpaired) electrons. The van der Waals surface area contributed by atoms with E-state index in [9.17, 15) is 10.1 Å². The molecule has 1 heterocycles. The van der Waals surface area contributed by atoms with Crippen molar-refractivity contribution in [1.29, 1.82) is 5.26 Å². The van der Waals surface area contributed by atoms with Crippen molar-refractivity contribution in [2.24, 2.45) is 0 Å². The van der Waals surface area contributed by atoms with Crippen molar-refractivity contribution in [2.45, 2.75) is 6.54 Å². The summed E-state index contributed by atoms with van der Waals surface area (Å²) < 4.78 is 15.6. The average Bonchev–Trinajstić information content (AvgIpc) is 3.12. The average molecular weight is 336 g/mol. The second kappa shape index (κ2) is 7.41. The number of nitrogens with zero attached hydrogens (tertiary/aromatic N) is 1. The smallest absolute Gasteiger partial charge is 0.262 e. The summed E-state index contributed by atoms with van der Waals surface area (Å²) in [5.74, 6) is 1.57. The van der Waals surface area contributed by atoms with Gasteiger partial charge in [-0.15, -0.1) is 0 Å². The van der Waals surface area contributed by atoms with E-state index in [0.29, 0.717) is 23.6 Å². The highest BCUT2D eigenvalue weighted by atomic mass is 16.7. The molecular weight excluding hydrogens is 320 g/mol. The molecule has 2 aromatic carbocycles. The number of fused-ring (bicyclic) bond motifs is 1. The molecule has 3 rings (SSSR count). The molecule has 1 amide bonds. The number of carbonyl (C=O) groups is 1. The summed E-state index contributed by atoms with van der Waals surface area (Å²) in [5, 5.41) is 12.0. The zero-order chi connectivity index (χ0) is 17.6. The van der Waals surface area contributed by atoms with E-state index >= 15 is 0 Å². The fourth-order valence-corrected chi connectivity index (χ4v) is 2.34. The highest BCUT2D eigenvalue weighted by Crippen LogP contribution is 2.33. The van der Waals surface area contributed by atoms with E-state index in [-0.39, 0.29) is 12.4 Å². The first-order valence-corrected chi connectivity index (χ1v) is 7.62. The summed E-state index contributed by atoms with van der Waals surface area (Å²) in [6, 6.07) is 14.5. The molecule has 0 fully saturated rings. The van der Waals surface area contributed by atoms with Crippen LogP contribution in [0.2, 0.25) is 0 Å². The van der Waals surface area contributed by atoms with Crippen LogP contribution in [0.1, 0.15) is 11.1 Å². The van der Waals surface area contributed by atoms with E-state index in [1.54, 1.807) is 25.3 Å². The standard InChI is InChI=1S/C19H16N2O4/c1-23-16-5-2-13(3-6-16)11-21-19(22)15(10-20)8-14-4-7-17-18(9-14)25-12-24-17/h2-9H,11-12H2,1H3,(H,21,22)/b15-8-. The number of hydrogen-bond acceptors (Lipinski definition) is 5. The number of methoxy groups -OCH3 is 1. The lowest BCUT2D eigenvalue weighted by molar-refractivity contribution is -0.117. The Bertz CT molecular complexity index is 851. The maximum atomic E-state index is 12.2. The molecule has 2 aromatic rings. The van der Waals surface area contributed by atoms with Crippen molar-refractivity contribution >= 4 is 12.0 Å². The molecule has 0 spiro atoms. The number of amides is 1. The first-order chi connectivity index (χ1) is 12.2. The Labute approximate surface area is 145 Å². The van der Waals surface area contributed by atoms with Crippen LogP contribution in [-0.2, 0) is 11.3 Å². The fourth-order valence-electron chi connectivity index (χ4n) is 2.34. The lowest BCUT2D eigenvalue weighted by atomic mass is 10.1. The van der Waals surface area contributed by atoms with Crippen molar-refractivity contribution in [3.8, 4) is 23.3 Å². The van der Waals surface area contributed by atoms with E-state index in [1.807, 2.05) is 30.3 Å².